The smallest absolute Gasteiger partial charge is 0.239 e. The molecule has 0 aromatic rings. The van der Waals surface area contributed by atoms with Gasteiger partial charge >= 0.3 is 0 Å². The lowest BCUT2D eigenvalue weighted by Gasteiger charge is -2.23. The van der Waals surface area contributed by atoms with Crippen LogP contribution in [0, 0.1) is 5.92 Å². The van der Waals surface area contributed by atoms with Gasteiger partial charge in [0.2, 0.25) is 5.91 Å². The van der Waals surface area contributed by atoms with Crippen LogP contribution in [0.2, 0.25) is 0 Å². The Kier molecular flexibility index (Phi) is 6.12. The minimum atomic E-state index is -0.289. The number of carbonyl (C=O) groups is 1. The van der Waals surface area contributed by atoms with Crippen molar-refractivity contribution in [3.8, 4) is 0 Å². The zero-order valence-electron chi connectivity index (χ0n) is 9.03. The van der Waals surface area contributed by atoms with Crippen LogP contribution >= 0.6 is 12.4 Å². The number of hydrogen-bond acceptors (Lipinski definition) is 2. The third kappa shape index (κ3) is 3.14. The summed E-state index contributed by atoms with van der Waals surface area (Å²) in [5.74, 6) is 0.444. The van der Waals surface area contributed by atoms with Crippen molar-refractivity contribution >= 4 is 18.3 Å². The van der Waals surface area contributed by atoms with Gasteiger partial charge < -0.3 is 10.6 Å². The third-order valence-corrected chi connectivity index (χ3v) is 2.96. The fourth-order valence-electron chi connectivity index (χ4n) is 1.65. The van der Waals surface area contributed by atoms with Gasteiger partial charge in [-0.15, -0.1) is 12.4 Å². The highest BCUT2D eigenvalue weighted by Crippen LogP contribution is 2.13. The predicted octanol–water partition coefficient (Wildman–Crippen LogP) is 1.40. The third-order valence-electron chi connectivity index (χ3n) is 2.96. The molecule has 2 N–H and O–H groups in total. The van der Waals surface area contributed by atoms with Crippen LogP contribution in [-0.4, -0.2) is 29.9 Å². The van der Waals surface area contributed by atoms with E-state index in [1.165, 1.54) is 0 Å². The Labute approximate surface area is 92.4 Å². The molecule has 0 saturated carbocycles. The Morgan fingerprint density at radius 1 is 1.43 bits per heavy atom. The zero-order valence-corrected chi connectivity index (χ0v) is 9.85. The van der Waals surface area contributed by atoms with E-state index in [9.17, 15) is 4.79 Å². The number of rotatable bonds is 3. The van der Waals surface area contributed by atoms with Crippen molar-refractivity contribution in [3.63, 3.8) is 0 Å². The molecule has 2 atom stereocenters. The summed E-state index contributed by atoms with van der Waals surface area (Å²) in [6.45, 7) is 5.92. The van der Waals surface area contributed by atoms with Crippen molar-refractivity contribution in [1.82, 2.24) is 4.90 Å². The molecule has 1 aliphatic heterocycles. The topological polar surface area (TPSA) is 46.3 Å². The SMILES string of the molecule is CC[C@H](C)[C@H](N)C(=O)N1CCCC1.Cl. The maximum Gasteiger partial charge on any atom is 0.239 e. The first kappa shape index (κ1) is 13.7. The average molecular weight is 221 g/mol. The highest BCUT2D eigenvalue weighted by molar-refractivity contribution is 5.85. The van der Waals surface area contributed by atoms with Gasteiger partial charge in [-0.25, -0.2) is 0 Å². The van der Waals surface area contributed by atoms with Crippen LogP contribution < -0.4 is 5.73 Å². The van der Waals surface area contributed by atoms with E-state index in [1.807, 2.05) is 11.8 Å². The number of halogens is 1. The molecule has 0 bridgehead atoms. The van der Waals surface area contributed by atoms with Crippen molar-refractivity contribution in [2.75, 3.05) is 13.1 Å². The Balaban J connectivity index is 0.00000169. The molecule has 0 unspecified atom stereocenters. The van der Waals surface area contributed by atoms with E-state index < -0.39 is 0 Å². The second-order valence-electron chi connectivity index (χ2n) is 3.94. The lowest BCUT2D eigenvalue weighted by molar-refractivity contribution is -0.132. The lowest BCUT2D eigenvalue weighted by atomic mass is 9.99. The molecule has 1 saturated heterocycles. The second kappa shape index (κ2) is 6.25. The van der Waals surface area contributed by atoms with Gasteiger partial charge in [-0.05, 0) is 18.8 Å². The van der Waals surface area contributed by atoms with Crippen LogP contribution in [0.3, 0.4) is 0 Å². The van der Waals surface area contributed by atoms with E-state index in [2.05, 4.69) is 6.92 Å². The summed E-state index contributed by atoms with van der Waals surface area (Å²) in [5, 5.41) is 0. The second-order valence-corrected chi connectivity index (χ2v) is 3.94. The molecule has 14 heavy (non-hydrogen) atoms. The summed E-state index contributed by atoms with van der Waals surface area (Å²) in [6.07, 6.45) is 3.25. The van der Waals surface area contributed by atoms with Crippen molar-refractivity contribution in [3.05, 3.63) is 0 Å². The molecule has 4 heteroatoms. The highest BCUT2D eigenvalue weighted by atomic mass is 35.5. The predicted molar refractivity (Wildman–Crippen MR) is 60.5 cm³/mol. The summed E-state index contributed by atoms with van der Waals surface area (Å²) in [7, 11) is 0. The summed E-state index contributed by atoms with van der Waals surface area (Å²) >= 11 is 0. The summed E-state index contributed by atoms with van der Waals surface area (Å²) in [6, 6.07) is -0.289. The Morgan fingerprint density at radius 3 is 2.36 bits per heavy atom. The van der Waals surface area contributed by atoms with Gasteiger partial charge in [0.1, 0.15) is 0 Å². The number of nitrogens with two attached hydrogens (primary N) is 1. The van der Waals surface area contributed by atoms with Gasteiger partial charge in [0, 0.05) is 13.1 Å². The number of hydrogen-bond donors (Lipinski definition) is 1. The normalized spacial score (nSPS) is 20.1. The summed E-state index contributed by atoms with van der Waals surface area (Å²) < 4.78 is 0. The molecule has 0 aromatic heterocycles. The maximum absolute atomic E-state index is 11.7. The fraction of sp³-hybridized carbons (Fsp3) is 0.900. The minimum absolute atomic E-state index is 0. The Bertz CT molecular complexity index is 181. The van der Waals surface area contributed by atoms with Crippen molar-refractivity contribution in [2.24, 2.45) is 11.7 Å². The lowest BCUT2D eigenvalue weighted by Crippen LogP contribution is -2.45. The van der Waals surface area contributed by atoms with E-state index in [0.29, 0.717) is 5.92 Å². The average Bonchev–Trinajstić information content (AvgIpc) is 2.67. The van der Waals surface area contributed by atoms with Crippen LogP contribution in [0.25, 0.3) is 0 Å². The Hall–Kier alpha value is -0.280. The molecule has 0 radical (unpaired) electrons. The number of nitrogens with zero attached hydrogens (tertiary/aromatic N) is 1. The molecule has 1 heterocycles. The number of carbonyl (C=O) groups excluding carboxylic acids is 1. The molecule has 1 fully saturated rings. The summed E-state index contributed by atoms with van der Waals surface area (Å²) in [4.78, 5) is 13.6. The number of amides is 1. The highest BCUT2D eigenvalue weighted by Gasteiger charge is 2.26. The molecular weight excluding hydrogens is 200 g/mol. The summed E-state index contributed by atoms with van der Waals surface area (Å²) in [5.41, 5.74) is 5.86. The van der Waals surface area contributed by atoms with Crippen molar-refractivity contribution in [2.45, 2.75) is 39.2 Å². The van der Waals surface area contributed by atoms with Crippen molar-refractivity contribution < 1.29 is 4.79 Å². The monoisotopic (exact) mass is 220 g/mol. The molecule has 0 aromatic carbocycles. The molecule has 1 amide bonds. The Morgan fingerprint density at radius 2 is 1.93 bits per heavy atom. The van der Waals surface area contributed by atoms with Crippen LogP contribution in [0.4, 0.5) is 0 Å². The van der Waals surface area contributed by atoms with E-state index in [-0.39, 0.29) is 24.4 Å². The van der Waals surface area contributed by atoms with Gasteiger partial charge in [-0.2, -0.15) is 0 Å². The fourth-order valence-corrected chi connectivity index (χ4v) is 1.65. The standard InChI is InChI=1S/C10H20N2O.ClH/c1-3-8(2)9(11)10(13)12-6-4-5-7-12;/h8-9H,3-7,11H2,1-2H3;1H/t8-,9-;/m0./s1. The molecule has 1 aliphatic rings. The maximum atomic E-state index is 11.7. The van der Waals surface area contributed by atoms with Gasteiger partial charge in [0.05, 0.1) is 6.04 Å². The molecular formula is C10H21ClN2O. The van der Waals surface area contributed by atoms with Crippen LogP contribution in [0.1, 0.15) is 33.1 Å². The van der Waals surface area contributed by atoms with E-state index in [0.717, 1.165) is 32.4 Å². The van der Waals surface area contributed by atoms with Gasteiger partial charge in [-0.1, -0.05) is 20.3 Å². The largest absolute Gasteiger partial charge is 0.341 e. The quantitative estimate of drug-likeness (QED) is 0.782. The van der Waals surface area contributed by atoms with Crippen LogP contribution in [-0.2, 0) is 4.79 Å². The molecule has 3 nitrogen and oxygen atoms in total. The zero-order chi connectivity index (χ0) is 9.84. The number of likely N-dealkylation sites (tertiary alicyclic amines) is 1. The minimum Gasteiger partial charge on any atom is -0.341 e. The molecule has 0 aliphatic carbocycles. The van der Waals surface area contributed by atoms with Crippen molar-refractivity contribution in [1.29, 1.82) is 0 Å². The molecule has 1 rings (SSSR count). The van der Waals surface area contributed by atoms with Gasteiger partial charge in [0.15, 0.2) is 0 Å². The first-order chi connectivity index (χ1) is 6.16. The van der Waals surface area contributed by atoms with Crippen LogP contribution in [0.5, 0.6) is 0 Å². The van der Waals surface area contributed by atoms with E-state index in [1.54, 1.807) is 0 Å². The van der Waals surface area contributed by atoms with Gasteiger partial charge in [0.25, 0.3) is 0 Å². The van der Waals surface area contributed by atoms with E-state index >= 15 is 0 Å². The van der Waals surface area contributed by atoms with Gasteiger partial charge in [-0.3, -0.25) is 4.79 Å². The first-order valence-electron chi connectivity index (χ1n) is 5.21. The van der Waals surface area contributed by atoms with E-state index in [4.69, 9.17) is 5.73 Å². The molecule has 0 spiro atoms. The van der Waals surface area contributed by atoms with Crippen LogP contribution in [0.15, 0.2) is 0 Å². The molecule has 84 valence electrons. The first-order valence-corrected chi connectivity index (χ1v) is 5.21.